The van der Waals surface area contributed by atoms with Gasteiger partial charge in [-0.15, -0.1) is 11.8 Å². The molecule has 1 aliphatic carbocycles. The summed E-state index contributed by atoms with van der Waals surface area (Å²) in [6, 6.07) is 8.80. The number of benzene rings is 1. The highest BCUT2D eigenvalue weighted by Crippen LogP contribution is 2.51. The van der Waals surface area contributed by atoms with Crippen LogP contribution in [0.5, 0.6) is 0 Å². The molecule has 19 heavy (non-hydrogen) atoms. The number of nitrogens with zero attached hydrogens (tertiary/aromatic N) is 1. The van der Waals surface area contributed by atoms with Crippen molar-refractivity contribution in [2.24, 2.45) is 16.3 Å². The van der Waals surface area contributed by atoms with Gasteiger partial charge in [0.05, 0.1) is 0 Å². The summed E-state index contributed by atoms with van der Waals surface area (Å²) in [4.78, 5) is 1.30. The van der Waals surface area contributed by atoms with Gasteiger partial charge in [-0.1, -0.05) is 31.1 Å². The zero-order chi connectivity index (χ0) is 13.9. The van der Waals surface area contributed by atoms with E-state index < -0.39 is 0 Å². The summed E-state index contributed by atoms with van der Waals surface area (Å²) < 4.78 is 0. The number of hydrogen-bond donors (Lipinski definition) is 2. The Morgan fingerprint density at radius 3 is 2.47 bits per heavy atom. The third kappa shape index (κ3) is 3.90. The van der Waals surface area contributed by atoms with Crippen LogP contribution in [0, 0.1) is 5.41 Å². The summed E-state index contributed by atoms with van der Waals surface area (Å²) in [6.07, 6.45) is 3.07. The normalized spacial score (nSPS) is 17.7. The topological polar surface area (TPSA) is 58.6 Å². The SMILES string of the molecule is CC(C)c1ccc(SCC2(CC(N)=NO)CC2)cc1. The van der Waals surface area contributed by atoms with Gasteiger partial charge in [0.2, 0.25) is 0 Å². The van der Waals surface area contributed by atoms with Gasteiger partial charge in [-0.25, -0.2) is 0 Å². The van der Waals surface area contributed by atoms with Gasteiger partial charge >= 0.3 is 0 Å². The van der Waals surface area contributed by atoms with Gasteiger partial charge in [0.25, 0.3) is 0 Å². The Morgan fingerprint density at radius 1 is 1.37 bits per heavy atom. The van der Waals surface area contributed by atoms with Crippen molar-refractivity contribution in [1.29, 1.82) is 0 Å². The van der Waals surface area contributed by atoms with E-state index in [0.29, 0.717) is 18.2 Å². The van der Waals surface area contributed by atoms with Crippen LogP contribution < -0.4 is 5.73 Å². The van der Waals surface area contributed by atoms with E-state index in [0.717, 1.165) is 5.75 Å². The second-order valence-electron chi connectivity index (χ2n) is 5.78. The maximum absolute atomic E-state index is 8.65. The summed E-state index contributed by atoms with van der Waals surface area (Å²) >= 11 is 1.87. The van der Waals surface area contributed by atoms with Crippen molar-refractivity contribution in [2.45, 2.75) is 43.9 Å². The lowest BCUT2D eigenvalue weighted by atomic mass is 10.0. The number of rotatable bonds is 6. The van der Waals surface area contributed by atoms with Crippen molar-refractivity contribution in [3.8, 4) is 0 Å². The highest BCUT2D eigenvalue weighted by atomic mass is 32.2. The zero-order valence-corrected chi connectivity index (χ0v) is 12.4. The van der Waals surface area contributed by atoms with Crippen LogP contribution in [0.1, 0.15) is 44.6 Å². The van der Waals surface area contributed by atoms with Crippen molar-refractivity contribution in [3.05, 3.63) is 29.8 Å². The molecule has 0 aliphatic heterocycles. The van der Waals surface area contributed by atoms with E-state index in [1.165, 1.54) is 23.3 Å². The molecule has 0 heterocycles. The lowest BCUT2D eigenvalue weighted by Gasteiger charge is -2.14. The minimum Gasteiger partial charge on any atom is -0.409 e. The molecule has 0 aromatic heterocycles. The minimum absolute atomic E-state index is 0.262. The molecule has 3 N–H and O–H groups in total. The number of thioether (sulfide) groups is 1. The highest BCUT2D eigenvalue weighted by Gasteiger charge is 2.43. The Bertz CT molecular complexity index is 450. The van der Waals surface area contributed by atoms with Crippen molar-refractivity contribution >= 4 is 17.6 Å². The van der Waals surface area contributed by atoms with E-state index in [1.54, 1.807) is 0 Å². The predicted octanol–water partition coefficient (Wildman–Crippen LogP) is 3.82. The first-order valence-corrected chi connectivity index (χ1v) is 7.72. The molecule has 2 rings (SSSR count). The molecule has 3 nitrogen and oxygen atoms in total. The summed E-state index contributed by atoms with van der Waals surface area (Å²) in [5, 5.41) is 11.7. The van der Waals surface area contributed by atoms with Crippen molar-refractivity contribution in [1.82, 2.24) is 0 Å². The lowest BCUT2D eigenvalue weighted by molar-refractivity contribution is 0.315. The van der Waals surface area contributed by atoms with Gasteiger partial charge < -0.3 is 10.9 Å². The molecule has 0 atom stereocenters. The fourth-order valence-electron chi connectivity index (χ4n) is 2.15. The fraction of sp³-hybridized carbons (Fsp3) is 0.533. The molecule has 0 spiro atoms. The summed E-state index contributed by atoms with van der Waals surface area (Å²) in [7, 11) is 0. The number of oxime groups is 1. The van der Waals surface area contributed by atoms with Crippen LogP contribution in [0.25, 0.3) is 0 Å². The Morgan fingerprint density at radius 2 is 2.00 bits per heavy atom. The van der Waals surface area contributed by atoms with E-state index in [-0.39, 0.29) is 5.41 Å². The maximum Gasteiger partial charge on any atom is 0.139 e. The molecule has 0 unspecified atom stereocenters. The van der Waals surface area contributed by atoms with Gasteiger partial charge in [0, 0.05) is 17.1 Å². The molecule has 0 saturated heterocycles. The zero-order valence-electron chi connectivity index (χ0n) is 11.6. The third-order valence-electron chi connectivity index (χ3n) is 3.73. The smallest absolute Gasteiger partial charge is 0.139 e. The van der Waals surface area contributed by atoms with Gasteiger partial charge in [-0.3, -0.25) is 0 Å². The molecule has 0 bridgehead atoms. The molecule has 1 aromatic carbocycles. The molecular formula is C15H22N2OS. The van der Waals surface area contributed by atoms with Crippen LogP contribution >= 0.6 is 11.8 Å². The molecule has 104 valence electrons. The van der Waals surface area contributed by atoms with E-state index in [2.05, 4.69) is 43.3 Å². The largest absolute Gasteiger partial charge is 0.409 e. The van der Waals surface area contributed by atoms with E-state index in [1.807, 2.05) is 11.8 Å². The van der Waals surface area contributed by atoms with Crippen molar-refractivity contribution in [2.75, 3.05) is 5.75 Å². The second kappa shape index (κ2) is 5.87. The molecule has 0 radical (unpaired) electrons. The summed E-state index contributed by atoms with van der Waals surface area (Å²) in [5.41, 5.74) is 7.25. The standard InChI is InChI=1S/C15H22N2OS/c1-11(2)12-3-5-13(6-4-12)19-10-15(7-8-15)9-14(16)17-18/h3-6,11,18H,7-10H2,1-2H3,(H2,16,17). The number of hydrogen-bond acceptors (Lipinski definition) is 3. The van der Waals surface area contributed by atoms with Crippen LogP contribution in [0.3, 0.4) is 0 Å². The summed E-state index contributed by atoms with van der Waals surface area (Å²) in [6.45, 7) is 4.41. The van der Waals surface area contributed by atoms with Crippen LogP contribution in [-0.4, -0.2) is 16.8 Å². The van der Waals surface area contributed by atoms with Crippen molar-refractivity contribution < 1.29 is 5.21 Å². The maximum atomic E-state index is 8.65. The van der Waals surface area contributed by atoms with E-state index in [9.17, 15) is 0 Å². The molecule has 1 saturated carbocycles. The third-order valence-corrected chi connectivity index (χ3v) is 5.10. The molecule has 1 fully saturated rings. The second-order valence-corrected chi connectivity index (χ2v) is 6.83. The Labute approximate surface area is 119 Å². The van der Waals surface area contributed by atoms with Gasteiger partial charge in [-0.2, -0.15) is 0 Å². The van der Waals surface area contributed by atoms with E-state index >= 15 is 0 Å². The van der Waals surface area contributed by atoms with Crippen LogP contribution in [0.15, 0.2) is 34.3 Å². The lowest BCUT2D eigenvalue weighted by Crippen LogP contribution is -2.19. The average Bonchev–Trinajstić information content (AvgIpc) is 3.17. The van der Waals surface area contributed by atoms with Gasteiger partial charge in [-0.05, 0) is 41.9 Å². The highest BCUT2D eigenvalue weighted by molar-refractivity contribution is 7.99. The monoisotopic (exact) mass is 278 g/mol. The molecule has 0 amide bonds. The molecule has 4 heteroatoms. The molecular weight excluding hydrogens is 256 g/mol. The first-order chi connectivity index (χ1) is 9.04. The van der Waals surface area contributed by atoms with Gasteiger partial charge in [0.1, 0.15) is 5.84 Å². The Hall–Kier alpha value is -1.16. The van der Waals surface area contributed by atoms with E-state index in [4.69, 9.17) is 10.9 Å². The first-order valence-electron chi connectivity index (χ1n) is 6.74. The quantitative estimate of drug-likeness (QED) is 0.273. The Balaban J connectivity index is 1.88. The van der Waals surface area contributed by atoms with Gasteiger partial charge in [0.15, 0.2) is 0 Å². The first kappa shape index (κ1) is 14.3. The molecule has 1 aromatic rings. The van der Waals surface area contributed by atoms with Crippen molar-refractivity contribution in [3.63, 3.8) is 0 Å². The average molecular weight is 278 g/mol. The Kier molecular flexibility index (Phi) is 4.40. The fourth-order valence-corrected chi connectivity index (χ4v) is 3.35. The van der Waals surface area contributed by atoms with Crippen LogP contribution in [0.2, 0.25) is 0 Å². The number of amidine groups is 1. The molecule has 1 aliphatic rings. The van der Waals surface area contributed by atoms with Crippen LogP contribution in [0.4, 0.5) is 0 Å². The van der Waals surface area contributed by atoms with Crippen LogP contribution in [-0.2, 0) is 0 Å². The number of nitrogens with two attached hydrogens (primary N) is 1. The minimum atomic E-state index is 0.262. The summed E-state index contributed by atoms with van der Waals surface area (Å²) in [5.74, 6) is 1.98. The predicted molar refractivity (Wildman–Crippen MR) is 80.9 cm³/mol.